The molecule has 0 saturated heterocycles. The van der Waals surface area contributed by atoms with Gasteiger partial charge in [-0.2, -0.15) is 18.4 Å². The van der Waals surface area contributed by atoms with Crippen LogP contribution in [0, 0.1) is 11.3 Å². The first-order valence-electron chi connectivity index (χ1n) is 11.2. The highest BCUT2D eigenvalue weighted by molar-refractivity contribution is 5.98. The van der Waals surface area contributed by atoms with Crippen molar-refractivity contribution < 1.29 is 27.4 Å². The summed E-state index contributed by atoms with van der Waals surface area (Å²) in [5, 5.41) is 9.36. The second kappa shape index (κ2) is 9.71. The summed E-state index contributed by atoms with van der Waals surface area (Å²) in [5.74, 6) is 0.751. The van der Waals surface area contributed by atoms with Gasteiger partial charge in [0.2, 0.25) is 5.91 Å². The van der Waals surface area contributed by atoms with E-state index in [4.69, 9.17) is 9.47 Å². The van der Waals surface area contributed by atoms with E-state index < -0.39 is 17.8 Å². The Balaban J connectivity index is 1.93. The lowest BCUT2D eigenvalue weighted by atomic mass is 9.86. The lowest BCUT2D eigenvalue weighted by molar-refractivity contribution is -0.137. The summed E-state index contributed by atoms with van der Waals surface area (Å²) in [6.07, 6.45) is -4.41. The van der Waals surface area contributed by atoms with Crippen LogP contribution in [0.2, 0.25) is 0 Å². The van der Waals surface area contributed by atoms with E-state index in [0.29, 0.717) is 47.1 Å². The van der Waals surface area contributed by atoms with Crippen molar-refractivity contribution in [1.29, 1.82) is 5.26 Å². The van der Waals surface area contributed by atoms with Gasteiger partial charge in [-0.15, -0.1) is 0 Å². The number of hydrogen-bond acceptors (Lipinski definition) is 4. The highest BCUT2D eigenvalue weighted by Crippen LogP contribution is 2.44. The van der Waals surface area contributed by atoms with Crippen LogP contribution < -0.4 is 14.4 Å². The number of nitriles is 1. The van der Waals surface area contributed by atoms with Crippen LogP contribution in [0.5, 0.6) is 11.5 Å². The minimum atomic E-state index is -4.48. The predicted octanol–water partition coefficient (Wildman–Crippen LogP) is 6.05. The molecule has 1 amide bonds. The molecule has 1 atom stereocenters. The monoisotopic (exact) mass is 480 g/mol. The molecule has 0 fully saturated rings. The van der Waals surface area contributed by atoms with Gasteiger partial charge in [0, 0.05) is 5.69 Å². The van der Waals surface area contributed by atoms with E-state index in [1.807, 2.05) is 13.8 Å². The number of carbonyl (C=O) groups excluding carboxylic acids is 1. The van der Waals surface area contributed by atoms with E-state index >= 15 is 0 Å². The first kappa shape index (κ1) is 24.1. The summed E-state index contributed by atoms with van der Waals surface area (Å²) in [7, 11) is 0. The second-order valence-corrected chi connectivity index (χ2v) is 7.99. The summed E-state index contributed by atoms with van der Waals surface area (Å²) in [6.45, 7) is 4.47. The molecule has 180 valence electrons. The summed E-state index contributed by atoms with van der Waals surface area (Å²) in [6, 6.07) is 16.3. The molecule has 1 aliphatic heterocycles. The summed E-state index contributed by atoms with van der Waals surface area (Å²) >= 11 is 0. The van der Waals surface area contributed by atoms with Crippen molar-refractivity contribution in [3.63, 3.8) is 0 Å². The molecule has 0 spiro atoms. The fraction of sp³-hybridized carbons (Fsp3) is 0.259. The number of hydrogen-bond donors (Lipinski definition) is 0. The Bertz CT molecular complexity index is 1280. The molecule has 5 nitrogen and oxygen atoms in total. The van der Waals surface area contributed by atoms with Crippen molar-refractivity contribution in [3.8, 4) is 17.6 Å². The largest absolute Gasteiger partial charge is 0.490 e. The summed E-state index contributed by atoms with van der Waals surface area (Å²) in [4.78, 5) is 15.0. The van der Waals surface area contributed by atoms with Crippen LogP contribution in [0.1, 0.15) is 47.7 Å². The van der Waals surface area contributed by atoms with E-state index in [-0.39, 0.29) is 12.3 Å². The molecule has 0 saturated carbocycles. The molecular formula is C27H23F3N2O3. The lowest BCUT2D eigenvalue weighted by Gasteiger charge is -2.38. The highest BCUT2D eigenvalue weighted by atomic mass is 19.4. The van der Waals surface area contributed by atoms with Gasteiger partial charge < -0.3 is 14.4 Å². The SMILES string of the molecule is CCOc1cc2c(cc1OCC)[C@H](c1ccc(C(F)(F)F)cc1)N(c1cccc(C#N)c1)C(=O)C2. The van der Waals surface area contributed by atoms with Gasteiger partial charge in [0.1, 0.15) is 0 Å². The number of amides is 1. The Morgan fingerprint density at radius 3 is 2.26 bits per heavy atom. The fourth-order valence-electron chi connectivity index (χ4n) is 4.29. The maximum atomic E-state index is 13.4. The fourth-order valence-corrected chi connectivity index (χ4v) is 4.29. The quantitative estimate of drug-likeness (QED) is 0.431. The number of halogens is 3. The van der Waals surface area contributed by atoms with Crippen molar-refractivity contribution in [1.82, 2.24) is 0 Å². The standard InChI is InChI=1S/C27H23F3N2O3/c1-3-34-23-13-19-14-25(33)32(21-7-5-6-17(12-21)16-31)26(22(19)15-24(23)35-4-2)18-8-10-20(11-9-18)27(28,29)30/h5-13,15,26H,3-4,14H2,1-2H3/t26-/m0/s1. The Hall–Kier alpha value is -3.99. The zero-order chi connectivity index (χ0) is 25.2. The highest BCUT2D eigenvalue weighted by Gasteiger charge is 2.37. The van der Waals surface area contributed by atoms with Gasteiger partial charge in [-0.05, 0) is 73.0 Å². The number of alkyl halides is 3. The number of fused-ring (bicyclic) bond motifs is 1. The van der Waals surface area contributed by atoms with Crippen molar-refractivity contribution in [2.24, 2.45) is 0 Å². The molecule has 1 heterocycles. The number of ether oxygens (including phenoxy) is 2. The van der Waals surface area contributed by atoms with Crippen LogP contribution >= 0.6 is 0 Å². The Labute approximate surface area is 201 Å². The minimum Gasteiger partial charge on any atom is -0.490 e. The van der Waals surface area contributed by atoms with Crippen molar-refractivity contribution >= 4 is 11.6 Å². The van der Waals surface area contributed by atoms with Crippen molar-refractivity contribution in [2.45, 2.75) is 32.5 Å². The van der Waals surface area contributed by atoms with E-state index in [9.17, 15) is 23.2 Å². The van der Waals surface area contributed by atoms with Crippen LogP contribution in [0.15, 0.2) is 60.7 Å². The molecule has 0 aliphatic carbocycles. The first-order chi connectivity index (χ1) is 16.8. The number of benzene rings is 3. The lowest BCUT2D eigenvalue weighted by Crippen LogP contribution is -2.41. The van der Waals surface area contributed by atoms with Crippen molar-refractivity contribution in [3.05, 3.63) is 88.5 Å². The van der Waals surface area contributed by atoms with Gasteiger partial charge in [-0.25, -0.2) is 0 Å². The minimum absolute atomic E-state index is 0.0652. The van der Waals surface area contributed by atoms with Gasteiger partial charge in [0.15, 0.2) is 11.5 Å². The van der Waals surface area contributed by atoms with Crippen LogP contribution in [0.3, 0.4) is 0 Å². The number of anilines is 1. The number of nitrogens with zero attached hydrogens (tertiary/aromatic N) is 2. The molecule has 0 unspecified atom stereocenters. The van der Waals surface area contributed by atoms with E-state index in [0.717, 1.165) is 17.7 Å². The molecule has 8 heteroatoms. The maximum Gasteiger partial charge on any atom is 0.416 e. The van der Waals surface area contributed by atoms with E-state index in [2.05, 4.69) is 6.07 Å². The zero-order valence-corrected chi connectivity index (χ0v) is 19.2. The van der Waals surface area contributed by atoms with Gasteiger partial charge >= 0.3 is 6.18 Å². The van der Waals surface area contributed by atoms with Crippen LogP contribution in [0.25, 0.3) is 0 Å². The molecule has 0 bridgehead atoms. The predicted molar refractivity (Wildman–Crippen MR) is 124 cm³/mol. The molecule has 1 aliphatic rings. The van der Waals surface area contributed by atoms with Crippen LogP contribution in [0.4, 0.5) is 18.9 Å². The third kappa shape index (κ3) is 4.80. The average molecular weight is 480 g/mol. The smallest absolute Gasteiger partial charge is 0.416 e. The van der Waals surface area contributed by atoms with Crippen molar-refractivity contribution in [2.75, 3.05) is 18.1 Å². The zero-order valence-electron chi connectivity index (χ0n) is 19.2. The molecule has 3 aromatic rings. The topological polar surface area (TPSA) is 62.6 Å². The molecular weight excluding hydrogens is 457 g/mol. The van der Waals surface area contributed by atoms with Gasteiger partial charge in [-0.1, -0.05) is 18.2 Å². The van der Waals surface area contributed by atoms with Crippen LogP contribution in [-0.4, -0.2) is 19.1 Å². The normalized spacial score (nSPS) is 15.4. The average Bonchev–Trinajstić information content (AvgIpc) is 2.84. The summed E-state index contributed by atoms with van der Waals surface area (Å²) in [5.41, 5.74) is 2.01. The molecule has 0 radical (unpaired) electrons. The molecule has 0 aromatic heterocycles. The number of carbonyl (C=O) groups is 1. The maximum absolute atomic E-state index is 13.4. The molecule has 0 N–H and O–H groups in total. The van der Waals surface area contributed by atoms with E-state index in [1.54, 1.807) is 36.4 Å². The molecule has 4 rings (SSSR count). The Morgan fingerprint density at radius 1 is 1.00 bits per heavy atom. The Morgan fingerprint density at radius 2 is 1.66 bits per heavy atom. The molecule has 3 aromatic carbocycles. The first-order valence-corrected chi connectivity index (χ1v) is 11.2. The third-order valence-electron chi connectivity index (χ3n) is 5.78. The Kier molecular flexibility index (Phi) is 6.70. The number of rotatable bonds is 6. The van der Waals surface area contributed by atoms with Gasteiger partial charge in [-0.3, -0.25) is 4.79 Å². The second-order valence-electron chi connectivity index (χ2n) is 7.99. The third-order valence-corrected chi connectivity index (χ3v) is 5.78. The van der Waals surface area contributed by atoms with Crippen LogP contribution in [-0.2, 0) is 17.4 Å². The summed E-state index contributed by atoms with van der Waals surface area (Å²) < 4.78 is 51.2. The van der Waals surface area contributed by atoms with E-state index in [1.165, 1.54) is 17.0 Å². The molecule has 35 heavy (non-hydrogen) atoms. The van der Waals surface area contributed by atoms with Gasteiger partial charge in [0.25, 0.3) is 0 Å². The van der Waals surface area contributed by atoms with Gasteiger partial charge in [0.05, 0.1) is 42.9 Å².